The predicted octanol–water partition coefficient (Wildman–Crippen LogP) is 2.98. The summed E-state index contributed by atoms with van der Waals surface area (Å²) in [6.45, 7) is 7.53. The second kappa shape index (κ2) is 8.20. The molecule has 1 N–H and O–H groups in total. The molecule has 0 radical (unpaired) electrons. The summed E-state index contributed by atoms with van der Waals surface area (Å²) in [7, 11) is 0. The Bertz CT molecular complexity index is 298. The quantitative estimate of drug-likeness (QED) is 0.704. The Hall–Kier alpha value is -0.930. The van der Waals surface area contributed by atoms with Crippen LogP contribution in [0, 0.1) is 11.7 Å². The van der Waals surface area contributed by atoms with Crippen molar-refractivity contribution in [2.45, 2.75) is 26.8 Å². The van der Waals surface area contributed by atoms with E-state index in [0.29, 0.717) is 5.92 Å². The van der Waals surface area contributed by atoms with Crippen molar-refractivity contribution in [1.29, 1.82) is 0 Å². The predicted molar refractivity (Wildman–Crippen MR) is 68.4 cm³/mol. The third-order valence-electron chi connectivity index (χ3n) is 2.51. The lowest BCUT2D eigenvalue weighted by Gasteiger charge is -2.07. The topological polar surface area (TPSA) is 21.3 Å². The first-order valence-corrected chi connectivity index (χ1v) is 6.21. The minimum atomic E-state index is -0.189. The summed E-state index contributed by atoms with van der Waals surface area (Å²) in [5.74, 6) is 0.507. The average molecular weight is 239 g/mol. The number of hydrogen-bond donors (Lipinski definition) is 1. The second-order valence-corrected chi connectivity index (χ2v) is 4.60. The van der Waals surface area contributed by atoms with Crippen molar-refractivity contribution in [3.63, 3.8) is 0 Å². The molecule has 0 saturated heterocycles. The van der Waals surface area contributed by atoms with Gasteiger partial charge in [0.25, 0.3) is 0 Å². The lowest BCUT2D eigenvalue weighted by Crippen LogP contribution is -2.19. The molecule has 3 heteroatoms. The Balaban J connectivity index is 1.99. The van der Waals surface area contributed by atoms with Gasteiger partial charge in [0, 0.05) is 19.7 Å². The molecule has 0 spiro atoms. The third kappa shape index (κ3) is 7.08. The first-order chi connectivity index (χ1) is 8.18. The Morgan fingerprint density at radius 3 is 2.53 bits per heavy atom. The summed E-state index contributed by atoms with van der Waals surface area (Å²) in [4.78, 5) is 0. The maximum absolute atomic E-state index is 12.6. The van der Waals surface area contributed by atoms with Gasteiger partial charge in [-0.1, -0.05) is 26.0 Å². The highest BCUT2D eigenvalue weighted by Gasteiger charge is 1.95. The molecular formula is C14H22FNO. The fourth-order valence-corrected chi connectivity index (χ4v) is 1.40. The van der Waals surface area contributed by atoms with Crippen molar-refractivity contribution in [2.75, 3.05) is 19.8 Å². The highest BCUT2D eigenvalue weighted by molar-refractivity contribution is 5.15. The zero-order chi connectivity index (χ0) is 12.5. The Morgan fingerprint density at radius 2 is 1.88 bits per heavy atom. The molecule has 0 fully saturated rings. The van der Waals surface area contributed by atoms with Crippen LogP contribution in [0.15, 0.2) is 24.3 Å². The molecule has 96 valence electrons. The smallest absolute Gasteiger partial charge is 0.123 e. The van der Waals surface area contributed by atoms with E-state index in [4.69, 9.17) is 4.74 Å². The summed E-state index contributed by atoms with van der Waals surface area (Å²) < 4.78 is 18.1. The van der Waals surface area contributed by atoms with Crippen molar-refractivity contribution in [3.8, 4) is 0 Å². The maximum Gasteiger partial charge on any atom is 0.123 e. The monoisotopic (exact) mass is 239 g/mol. The molecule has 0 aromatic heterocycles. The minimum absolute atomic E-state index is 0.189. The van der Waals surface area contributed by atoms with Crippen LogP contribution in [0.25, 0.3) is 0 Å². The molecule has 0 aliphatic heterocycles. The minimum Gasteiger partial charge on any atom is -0.380 e. The van der Waals surface area contributed by atoms with Gasteiger partial charge in [0.15, 0.2) is 0 Å². The first-order valence-electron chi connectivity index (χ1n) is 6.21. The van der Waals surface area contributed by atoms with E-state index in [1.807, 2.05) is 0 Å². The molecule has 1 rings (SSSR count). The molecule has 0 heterocycles. The number of benzene rings is 1. The second-order valence-electron chi connectivity index (χ2n) is 4.60. The molecule has 0 aliphatic carbocycles. The zero-order valence-corrected chi connectivity index (χ0v) is 10.7. The van der Waals surface area contributed by atoms with Gasteiger partial charge in [0.1, 0.15) is 5.82 Å². The zero-order valence-electron chi connectivity index (χ0n) is 10.7. The number of rotatable bonds is 8. The van der Waals surface area contributed by atoms with E-state index in [1.54, 1.807) is 12.1 Å². The summed E-state index contributed by atoms with van der Waals surface area (Å²) >= 11 is 0. The largest absolute Gasteiger partial charge is 0.380 e. The van der Waals surface area contributed by atoms with Crippen LogP contribution in [0.5, 0.6) is 0 Å². The standard InChI is InChI=1S/C14H22FNO/c1-12(2)7-9-17-10-8-16-11-13-3-5-14(15)6-4-13/h3-6,12,16H,7-11H2,1-2H3. The molecular weight excluding hydrogens is 217 g/mol. The van der Waals surface area contributed by atoms with Crippen LogP contribution >= 0.6 is 0 Å². The molecule has 0 bridgehead atoms. The summed E-state index contributed by atoms with van der Waals surface area (Å²) in [6.07, 6.45) is 1.11. The number of ether oxygens (including phenoxy) is 1. The normalized spacial score (nSPS) is 11.1. The molecule has 0 aliphatic rings. The van der Waals surface area contributed by atoms with Gasteiger partial charge in [-0.3, -0.25) is 0 Å². The van der Waals surface area contributed by atoms with Gasteiger partial charge in [-0.05, 0) is 30.0 Å². The maximum atomic E-state index is 12.6. The Kier molecular flexibility index (Phi) is 6.82. The van der Waals surface area contributed by atoms with Crippen LogP contribution in [0.4, 0.5) is 4.39 Å². The average Bonchev–Trinajstić information content (AvgIpc) is 2.30. The fraction of sp³-hybridized carbons (Fsp3) is 0.571. The lowest BCUT2D eigenvalue weighted by molar-refractivity contribution is 0.125. The molecule has 2 nitrogen and oxygen atoms in total. The van der Waals surface area contributed by atoms with Crippen LogP contribution < -0.4 is 5.32 Å². The van der Waals surface area contributed by atoms with Crippen molar-refractivity contribution in [3.05, 3.63) is 35.6 Å². The van der Waals surface area contributed by atoms with E-state index in [9.17, 15) is 4.39 Å². The van der Waals surface area contributed by atoms with Gasteiger partial charge in [0.2, 0.25) is 0 Å². The Morgan fingerprint density at radius 1 is 1.18 bits per heavy atom. The number of hydrogen-bond acceptors (Lipinski definition) is 2. The third-order valence-corrected chi connectivity index (χ3v) is 2.51. The Labute approximate surface area is 103 Å². The van der Waals surface area contributed by atoms with Crippen molar-refractivity contribution in [1.82, 2.24) is 5.32 Å². The molecule has 0 amide bonds. The van der Waals surface area contributed by atoms with Crippen LogP contribution in [0.2, 0.25) is 0 Å². The van der Waals surface area contributed by atoms with Crippen LogP contribution in [0.1, 0.15) is 25.8 Å². The van der Waals surface area contributed by atoms with Crippen molar-refractivity contribution in [2.24, 2.45) is 5.92 Å². The van der Waals surface area contributed by atoms with E-state index >= 15 is 0 Å². The molecule has 1 aromatic carbocycles. The van der Waals surface area contributed by atoms with Crippen LogP contribution in [0.3, 0.4) is 0 Å². The van der Waals surface area contributed by atoms with E-state index in [0.717, 1.165) is 38.3 Å². The van der Waals surface area contributed by atoms with Gasteiger partial charge in [-0.25, -0.2) is 4.39 Å². The number of halogens is 1. The van der Waals surface area contributed by atoms with Gasteiger partial charge in [0.05, 0.1) is 6.61 Å². The molecule has 0 unspecified atom stereocenters. The van der Waals surface area contributed by atoms with Crippen molar-refractivity contribution >= 4 is 0 Å². The lowest BCUT2D eigenvalue weighted by atomic mass is 10.1. The molecule has 0 atom stereocenters. The fourth-order valence-electron chi connectivity index (χ4n) is 1.40. The summed E-state index contributed by atoms with van der Waals surface area (Å²) in [6, 6.07) is 6.55. The molecule has 0 saturated carbocycles. The van der Waals surface area contributed by atoms with E-state index < -0.39 is 0 Å². The van der Waals surface area contributed by atoms with E-state index in [1.165, 1.54) is 12.1 Å². The number of nitrogens with one attached hydrogen (secondary N) is 1. The molecule has 1 aromatic rings. The van der Waals surface area contributed by atoms with E-state index in [-0.39, 0.29) is 5.82 Å². The molecule has 17 heavy (non-hydrogen) atoms. The first kappa shape index (κ1) is 14.1. The summed E-state index contributed by atoms with van der Waals surface area (Å²) in [5.41, 5.74) is 1.09. The van der Waals surface area contributed by atoms with Crippen molar-refractivity contribution < 1.29 is 9.13 Å². The van der Waals surface area contributed by atoms with Gasteiger partial charge < -0.3 is 10.1 Å². The van der Waals surface area contributed by atoms with Gasteiger partial charge in [-0.15, -0.1) is 0 Å². The SMILES string of the molecule is CC(C)CCOCCNCc1ccc(F)cc1. The van der Waals surface area contributed by atoms with Crippen LogP contribution in [-0.4, -0.2) is 19.8 Å². The summed E-state index contributed by atoms with van der Waals surface area (Å²) in [5, 5.41) is 3.26. The van der Waals surface area contributed by atoms with E-state index in [2.05, 4.69) is 19.2 Å². The highest BCUT2D eigenvalue weighted by atomic mass is 19.1. The van der Waals surface area contributed by atoms with Gasteiger partial charge >= 0.3 is 0 Å². The highest BCUT2D eigenvalue weighted by Crippen LogP contribution is 2.02. The van der Waals surface area contributed by atoms with Gasteiger partial charge in [-0.2, -0.15) is 0 Å². The van der Waals surface area contributed by atoms with Crippen LogP contribution in [-0.2, 0) is 11.3 Å².